The Morgan fingerprint density at radius 3 is 2.27 bits per heavy atom. The van der Waals surface area contributed by atoms with Gasteiger partial charge in [-0.05, 0) is 55.7 Å². The van der Waals surface area contributed by atoms with Gasteiger partial charge in [-0.3, -0.25) is 9.59 Å². The lowest BCUT2D eigenvalue weighted by Gasteiger charge is -2.12. The van der Waals surface area contributed by atoms with Gasteiger partial charge in [-0.1, -0.05) is 65.7 Å². The van der Waals surface area contributed by atoms with Gasteiger partial charge in [0, 0.05) is 29.2 Å². The quantitative estimate of drug-likeness (QED) is 0.359. The number of benzene rings is 3. The third-order valence-corrected chi connectivity index (χ3v) is 5.55. The molecule has 0 atom stereocenters. The van der Waals surface area contributed by atoms with Crippen LogP contribution < -0.4 is 10.6 Å². The molecule has 0 unspecified atom stereocenters. The summed E-state index contributed by atoms with van der Waals surface area (Å²) in [5, 5.41) is 6.89. The second-order valence-corrected chi connectivity index (χ2v) is 8.15. The molecule has 0 radical (unpaired) electrons. The van der Waals surface area contributed by atoms with E-state index in [1.54, 1.807) is 18.2 Å². The number of aryl methyl sites for hydroxylation is 2. The summed E-state index contributed by atoms with van der Waals surface area (Å²) in [5.41, 5.74) is 5.96. The number of nitrogens with one attached hydrogen (secondary N) is 3. The largest absolute Gasteiger partial charge is 0.361 e. The highest BCUT2D eigenvalue weighted by Crippen LogP contribution is 2.17. The molecule has 33 heavy (non-hydrogen) atoms. The summed E-state index contributed by atoms with van der Waals surface area (Å²) in [6.45, 7) is 4.42. The van der Waals surface area contributed by atoms with E-state index >= 15 is 0 Å². The molecule has 0 saturated heterocycles. The number of carbonyl (C=O) groups is 2. The minimum atomic E-state index is -0.323. The molecule has 0 saturated carbocycles. The number of para-hydroxylation sites is 1. The molecule has 4 rings (SSSR count). The van der Waals surface area contributed by atoms with Crippen molar-refractivity contribution in [3.8, 4) is 0 Å². The van der Waals surface area contributed by atoms with Gasteiger partial charge in [-0.15, -0.1) is 0 Å². The number of carbonyl (C=O) groups excluding carboxylic acids is 2. The van der Waals surface area contributed by atoms with Crippen molar-refractivity contribution in [1.82, 2.24) is 15.6 Å². The lowest BCUT2D eigenvalue weighted by atomic mass is 10.1. The van der Waals surface area contributed by atoms with Crippen molar-refractivity contribution < 1.29 is 9.59 Å². The van der Waals surface area contributed by atoms with Crippen LogP contribution in [0.2, 0.25) is 0 Å². The molecule has 3 N–H and O–H groups in total. The Morgan fingerprint density at radius 2 is 1.55 bits per heavy atom. The van der Waals surface area contributed by atoms with Crippen LogP contribution in [0.25, 0.3) is 17.0 Å². The number of H-pyrrole nitrogens is 1. The average Bonchev–Trinajstić information content (AvgIpc) is 3.23. The van der Waals surface area contributed by atoms with Crippen LogP contribution in [-0.4, -0.2) is 23.3 Å². The van der Waals surface area contributed by atoms with Crippen molar-refractivity contribution >= 4 is 28.8 Å². The summed E-state index contributed by atoms with van der Waals surface area (Å²) in [6.07, 6.45) is 4.35. The molecule has 0 bridgehead atoms. The number of hydrogen-bond acceptors (Lipinski definition) is 2. The van der Waals surface area contributed by atoms with Crippen LogP contribution in [0.5, 0.6) is 0 Å². The van der Waals surface area contributed by atoms with Crippen molar-refractivity contribution in [2.24, 2.45) is 0 Å². The topological polar surface area (TPSA) is 74.0 Å². The van der Waals surface area contributed by atoms with Gasteiger partial charge in [0.15, 0.2) is 0 Å². The lowest BCUT2D eigenvalue weighted by molar-refractivity contribution is -0.117. The zero-order valence-electron chi connectivity index (χ0n) is 18.8. The third kappa shape index (κ3) is 5.57. The SMILES string of the molecule is Cc1ccc(C=C(NC(=O)c2ccc(C)cc2)C(=O)NCCc2c[nH]c3ccccc23)cc1. The first-order valence-electron chi connectivity index (χ1n) is 11.0. The lowest BCUT2D eigenvalue weighted by Crippen LogP contribution is -2.35. The van der Waals surface area contributed by atoms with Gasteiger partial charge >= 0.3 is 0 Å². The monoisotopic (exact) mass is 437 g/mol. The maximum atomic E-state index is 13.0. The van der Waals surface area contributed by atoms with Gasteiger partial charge in [-0.2, -0.15) is 0 Å². The summed E-state index contributed by atoms with van der Waals surface area (Å²) in [5.74, 6) is -0.643. The summed E-state index contributed by atoms with van der Waals surface area (Å²) in [7, 11) is 0. The summed E-state index contributed by atoms with van der Waals surface area (Å²) >= 11 is 0. The molecular formula is C28H27N3O2. The molecule has 0 aliphatic heterocycles. The number of fused-ring (bicyclic) bond motifs is 1. The van der Waals surface area contributed by atoms with Crippen molar-refractivity contribution in [3.05, 3.63) is 113 Å². The van der Waals surface area contributed by atoms with Gasteiger partial charge in [0.2, 0.25) is 0 Å². The normalized spacial score (nSPS) is 11.4. The molecule has 3 aromatic carbocycles. The second kappa shape index (κ2) is 10.0. The average molecular weight is 438 g/mol. The van der Waals surface area contributed by atoms with Crippen LogP contribution in [0.15, 0.2) is 84.7 Å². The van der Waals surface area contributed by atoms with E-state index in [-0.39, 0.29) is 17.5 Å². The fraction of sp³-hybridized carbons (Fsp3) is 0.143. The number of aromatic nitrogens is 1. The first-order chi connectivity index (χ1) is 16.0. The minimum absolute atomic E-state index is 0.211. The van der Waals surface area contributed by atoms with Crippen LogP contribution in [-0.2, 0) is 11.2 Å². The molecule has 5 heteroatoms. The highest BCUT2D eigenvalue weighted by atomic mass is 16.2. The van der Waals surface area contributed by atoms with Gasteiger partial charge in [0.05, 0.1) is 0 Å². The van der Waals surface area contributed by atoms with Crippen molar-refractivity contribution in [3.63, 3.8) is 0 Å². The number of amides is 2. The number of aromatic amines is 1. The maximum absolute atomic E-state index is 13.0. The van der Waals surface area contributed by atoms with E-state index < -0.39 is 0 Å². The van der Waals surface area contributed by atoms with E-state index in [0.717, 1.165) is 33.2 Å². The predicted octanol–water partition coefficient (Wildman–Crippen LogP) is 4.91. The maximum Gasteiger partial charge on any atom is 0.267 e. The molecule has 0 aliphatic rings. The Morgan fingerprint density at radius 1 is 0.879 bits per heavy atom. The van der Waals surface area contributed by atoms with Crippen LogP contribution in [0, 0.1) is 13.8 Å². The highest BCUT2D eigenvalue weighted by molar-refractivity contribution is 6.05. The molecule has 0 spiro atoms. The Bertz CT molecular complexity index is 1300. The number of rotatable bonds is 7. The van der Waals surface area contributed by atoms with Gasteiger partial charge in [0.25, 0.3) is 11.8 Å². The van der Waals surface area contributed by atoms with Gasteiger partial charge in [0.1, 0.15) is 5.70 Å². The summed E-state index contributed by atoms with van der Waals surface area (Å²) in [4.78, 5) is 29.1. The molecule has 166 valence electrons. The second-order valence-electron chi connectivity index (χ2n) is 8.15. The first kappa shape index (κ1) is 22.1. The fourth-order valence-electron chi connectivity index (χ4n) is 3.63. The van der Waals surface area contributed by atoms with E-state index in [1.165, 1.54) is 0 Å². The van der Waals surface area contributed by atoms with Crippen molar-refractivity contribution in [2.45, 2.75) is 20.3 Å². The molecule has 0 fully saturated rings. The minimum Gasteiger partial charge on any atom is -0.361 e. The van der Waals surface area contributed by atoms with Crippen molar-refractivity contribution in [1.29, 1.82) is 0 Å². The van der Waals surface area contributed by atoms with E-state index in [9.17, 15) is 9.59 Å². The molecule has 1 heterocycles. The molecule has 5 nitrogen and oxygen atoms in total. The molecule has 4 aromatic rings. The zero-order chi connectivity index (χ0) is 23.2. The summed E-state index contributed by atoms with van der Waals surface area (Å²) < 4.78 is 0. The first-order valence-corrected chi connectivity index (χ1v) is 11.0. The van der Waals surface area contributed by atoms with Gasteiger partial charge < -0.3 is 15.6 Å². The Balaban J connectivity index is 1.49. The third-order valence-electron chi connectivity index (χ3n) is 5.55. The molecule has 1 aromatic heterocycles. The van der Waals surface area contributed by atoms with Gasteiger partial charge in [-0.25, -0.2) is 0 Å². The van der Waals surface area contributed by atoms with Crippen LogP contribution in [0.3, 0.4) is 0 Å². The van der Waals surface area contributed by atoms with E-state index in [4.69, 9.17) is 0 Å². The number of hydrogen-bond donors (Lipinski definition) is 3. The standard InChI is InChI=1S/C28H27N3O2/c1-19-7-11-21(12-8-19)17-26(31-27(32)22-13-9-20(2)10-14-22)28(33)29-16-15-23-18-30-25-6-4-3-5-24(23)25/h3-14,17-18,30H,15-16H2,1-2H3,(H,29,33)(H,31,32). The fourth-order valence-corrected chi connectivity index (χ4v) is 3.63. The van der Waals surface area contributed by atoms with E-state index in [1.807, 2.05) is 74.6 Å². The molecule has 2 amide bonds. The van der Waals surface area contributed by atoms with E-state index in [0.29, 0.717) is 18.5 Å². The summed E-state index contributed by atoms with van der Waals surface area (Å²) in [6, 6.07) is 23.1. The predicted molar refractivity (Wildman–Crippen MR) is 133 cm³/mol. The zero-order valence-corrected chi connectivity index (χ0v) is 18.8. The van der Waals surface area contributed by atoms with Crippen LogP contribution >= 0.6 is 0 Å². The smallest absolute Gasteiger partial charge is 0.267 e. The Kier molecular flexibility index (Phi) is 6.69. The van der Waals surface area contributed by atoms with Crippen LogP contribution in [0.1, 0.15) is 32.6 Å². The van der Waals surface area contributed by atoms with Crippen molar-refractivity contribution in [2.75, 3.05) is 6.54 Å². The Hall–Kier alpha value is -4.12. The highest BCUT2D eigenvalue weighted by Gasteiger charge is 2.15. The molecular weight excluding hydrogens is 410 g/mol. The van der Waals surface area contributed by atoms with Crippen LogP contribution in [0.4, 0.5) is 0 Å². The Labute approximate surface area is 193 Å². The molecule has 0 aliphatic carbocycles. The van der Waals surface area contributed by atoms with E-state index in [2.05, 4.69) is 21.7 Å².